The first-order valence-electron chi connectivity index (χ1n) is 5.95. The van der Waals surface area contributed by atoms with Crippen LogP contribution in [0.2, 0.25) is 0 Å². The van der Waals surface area contributed by atoms with E-state index in [0.29, 0.717) is 11.9 Å². The summed E-state index contributed by atoms with van der Waals surface area (Å²) in [6.45, 7) is 1.85. The molecule has 16 heavy (non-hydrogen) atoms. The van der Waals surface area contributed by atoms with Crippen molar-refractivity contribution < 1.29 is 0 Å². The Morgan fingerprint density at radius 3 is 2.62 bits per heavy atom. The quantitative estimate of drug-likeness (QED) is 0.746. The highest BCUT2D eigenvalue weighted by atomic mass is 16.1. The minimum Gasteiger partial charge on any atom is -0.366 e. The number of nitrogens with one attached hydrogen (secondary N) is 2. The number of aromatic nitrogens is 3. The summed E-state index contributed by atoms with van der Waals surface area (Å²) >= 11 is 0. The van der Waals surface area contributed by atoms with Gasteiger partial charge in [-0.1, -0.05) is 25.7 Å². The van der Waals surface area contributed by atoms with Gasteiger partial charge in [-0.3, -0.25) is 0 Å². The Labute approximate surface area is 94.7 Å². The fraction of sp³-hybridized carbons (Fsp3) is 0.727. The third kappa shape index (κ3) is 2.81. The number of hydrogen-bond donors (Lipinski definition) is 2. The molecule has 5 heteroatoms. The minimum absolute atomic E-state index is 0.387. The van der Waals surface area contributed by atoms with Crippen LogP contribution >= 0.6 is 0 Å². The average Bonchev–Trinajstić information content (AvgIpc) is 2.52. The smallest absolute Gasteiger partial charge is 0.363 e. The monoisotopic (exact) mass is 222 g/mol. The van der Waals surface area contributed by atoms with Gasteiger partial charge >= 0.3 is 5.69 Å². The van der Waals surface area contributed by atoms with Gasteiger partial charge in [0.25, 0.3) is 0 Å². The maximum atomic E-state index is 11.1. The van der Waals surface area contributed by atoms with Crippen LogP contribution in [0.25, 0.3) is 0 Å². The van der Waals surface area contributed by atoms with Crippen LogP contribution in [0.5, 0.6) is 0 Å². The molecule has 0 amide bonds. The Bertz CT molecular complexity index is 393. The Morgan fingerprint density at radius 2 is 1.94 bits per heavy atom. The molecule has 88 valence electrons. The zero-order chi connectivity index (χ0) is 11.4. The van der Waals surface area contributed by atoms with Crippen molar-refractivity contribution in [3.05, 3.63) is 16.2 Å². The molecule has 5 nitrogen and oxygen atoms in total. The highest BCUT2D eigenvalue weighted by Crippen LogP contribution is 2.20. The van der Waals surface area contributed by atoms with Gasteiger partial charge in [0.1, 0.15) is 5.69 Å². The lowest BCUT2D eigenvalue weighted by atomic mass is 10.1. The number of aryl methyl sites for hydroxylation is 1. The molecule has 1 aromatic heterocycles. The molecule has 0 atom stereocenters. The molecule has 1 aromatic rings. The van der Waals surface area contributed by atoms with E-state index in [1.54, 1.807) is 0 Å². The van der Waals surface area contributed by atoms with Gasteiger partial charge in [0.05, 0.1) is 0 Å². The molecule has 0 aliphatic heterocycles. The van der Waals surface area contributed by atoms with Crippen molar-refractivity contribution in [1.29, 1.82) is 0 Å². The number of anilines is 1. The lowest BCUT2D eigenvalue weighted by Gasteiger charge is -2.17. The van der Waals surface area contributed by atoms with E-state index in [4.69, 9.17) is 0 Å². The molecule has 1 aliphatic carbocycles. The van der Waals surface area contributed by atoms with Gasteiger partial charge in [0.15, 0.2) is 5.82 Å². The number of hydrogen-bond acceptors (Lipinski definition) is 4. The van der Waals surface area contributed by atoms with Crippen LogP contribution in [-0.4, -0.2) is 21.2 Å². The maximum absolute atomic E-state index is 11.1. The van der Waals surface area contributed by atoms with Crippen molar-refractivity contribution in [3.63, 3.8) is 0 Å². The zero-order valence-corrected chi connectivity index (χ0v) is 9.62. The fourth-order valence-electron chi connectivity index (χ4n) is 2.15. The molecule has 0 aromatic carbocycles. The summed E-state index contributed by atoms with van der Waals surface area (Å²) in [7, 11) is 0. The van der Waals surface area contributed by atoms with E-state index in [-0.39, 0.29) is 5.69 Å². The van der Waals surface area contributed by atoms with E-state index >= 15 is 0 Å². The van der Waals surface area contributed by atoms with E-state index in [1.807, 2.05) is 6.92 Å². The summed E-state index contributed by atoms with van der Waals surface area (Å²) in [6.07, 6.45) is 7.47. The van der Waals surface area contributed by atoms with Gasteiger partial charge in [-0.2, -0.15) is 10.1 Å². The van der Waals surface area contributed by atoms with Crippen molar-refractivity contribution in [1.82, 2.24) is 15.2 Å². The standard InChI is InChI=1S/C11H18N4O/c1-8-10(13-11(16)15-14-8)12-9-6-4-2-3-5-7-9/h9H,2-7H2,1H3,(H2,12,13,15,16). The van der Waals surface area contributed by atoms with Crippen molar-refractivity contribution in [2.24, 2.45) is 0 Å². The lowest BCUT2D eigenvalue weighted by Crippen LogP contribution is -2.24. The summed E-state index contributed by atoms with van der Waals surface area (Å²) in [6, 6.07) is 0.442. The van der Waals surface area contributed by atoms with E-state index in [2.05, 4.69) is 20.5 Å². The normalized spacial score (nSPS) is 18.1. The van der Waals surface area contributed by atoms with Gasteiger partial charge in [-0.05, 0) is 19.8 Å². The topological polar surface area (TPSA) is 70.7 Å². The second kappa shape index (κ2) is 5.09. The Kier molecular flexibility index (Phi) is 3.54. The van der Waals surface area contributed by atoms with Crippen LogP contribution in [0.15, 0.2) is 4.79 Å². The summed E-state index contributed by atoms with van der Waals surface area (Å²) in [5.74, 6) is 0.635. The largest absolute Gasteiger partial charge is 0.366 e. The third-order valence-corrected chi connectivity index (χ3v) is 3.07. The van der Waals surface area contributed by atoms with Crippen molar-refractivity contribution >= 4 is 5.82 Å². The lowest BCUT2D eigenvalue weighted by molar-refractivity contribution is 0.615. The second-order valence-electron chi connectivity index (χ2n) is 4.41. The molecule has 2 rings (SSSR count). The number of aromatic amines is 1. The molecule has 0 spiro atoms. The summed E-state index contributed by atoms with van der Waals surface area (Å²) in [5, 5.41) is 9.57. The molecule has 0 unspecified atom stereocenters. The van der Waals surface area contributed by atoms with E-state index in [1.165, 1.54) is 25.7 Å². The van der Waals surface area contributed by atoms with E-state index in [9.17, 15) is 4.79 Å². The number of nitrogens with zero attached hydrogens (tertiary/aromatic N) is 2. The van der Waals surface area contributed by atoms with Gasteiger partial charge in [-0.15, -0.1) is 0 Å². The molecule has 0 radical (unpaired) electrons. The van der Waals surface area contributed by atoms with Crippen LogP contribution in [0.1, 0.15) is 44.2 Å². The highest BCUT2D eigenvalue weighted by Gasteiger charge is 2.13. The first-order chi connectivity index (χ1) is 7.75. The van der Waals surface area contributed by atoms with Gasteiger partial charge in [0.2, 0.25) is 0 Å². The Hall–Kier alpha value is -1.39. The Balaban J connectivity index is 2.07. The van der Waals surface area contributed by atoms with Crippen LogP contribution in [-0.2, 0) is 0 Å². The van der Waals surface area contributed by atoms with E-state index in [0.717, 1.165) is 18.5 Å². The number of rotatable bonds is 2. The maximum Gasteiger partial charge on any atom is 0.363 e. The van der Waals surface area contributed by atoms with Gasteiger partial charge < -0.3 is 5.32 Å². The van der Waals surface area contributed by atoms with Gasteiger partial charge in [-0.25, -0.2) is 9.89 Å². The van der Waals surface area contributed by atoms with E-state index < -0.39 is 0 Å². The predicted octanol–water partition coefficient (Wildman–Crippen LogP) is 1.61. The average molecular weight is 222 g/mol. The minimum atomic E-state index is -0.387. The molecular weight excluding hydrogens is 204 g/mol. The molecule has 2 N–H and O–H groups in total. The SMILES string of the molecule is Cc1n[nH]c(=O)nc1NC1CCCCCC1. The van der Waals surface area contributed by atoms with Crippen LogP contribution in [0, 0.1) is 6.92 Å². The van der Waals surface area contributed by atoms with Crippen LogP contribution in [0.3, 0.4) is 0 Å². The molecule has 1 heterocycles. The molecule has 1 saturated carbocycles. The molecule has 0 saturated heterocycles. The second-order valence-corrected chi connectivity index (χ2v) is 4.41. The summed E-state index contributed by atoms with van der Waals surface area (Å²) < 4.78 is 0. The molecular formula is C11H18N4O. The molecule has 1 fully saturated rings. The van der Waals surface area contributed by atoms with Crippen molar-refractivity contribution in [2.45, 2.75) is 51.5 Å². The summed E-state index contributed by atoms with van der Waals surface area (Å²) in [5.41, 5.74) is 0.366. The number of H-pyrrole nitrogens is 1. The zero-order valence-electron chi connectivity index (χ0n) is 9.62. The van der Waals surface area contributed by atoms with Crippen molar-refractivity contribution in [3.8, 4) is 0 Å². The van der Waals surface area contributed by atoms with Gasteiger partial charge in [0, 0.05) is 6.04 Å². The third-order valence-electron chi connectivity index (χ3n) is 3.07. The first-order valence-corrected chi connectivity index (χ1v) is 5.95. The Morgan fingerprint density at radius 1 is 1.25 bits per heavy atom. The van der Waals surface area contributed by atoms with Crippen LogP contribution in [0.4, 0.5) is 5.82 Å². The fourth-order valence-corrected chi connectivity index (χ4v) is 2.15. The molecule has 0 bridgehead atoms. The predicted molar refractivity (Wildman–Crippen MR) is 62.5 cm³/mol. The highest BCUT2D eigenvalue weighted by molar-refractivity contribution is 5.38. The summed E-state index contributed by atoms with van der Waals surface area (Å²) in [4.78, 5) is 15.0. The molecule has 1 aliphatic rings. The van der Waals surface area contributed by atoms with Crippen LogP contribution < -0.4 is 11.0 Å². The first kappa shape index (κ1) is 11.1. The van der Waals surface area contributed by atoms with Crippen molar-refractivity contribution in [2.75, 3.05) is 5.32 Å².